The minimum absolute atomic E-state index is 0.0683. The Kier molecular flexibility index (Phi) is 6.58. The number of rotatable bonds is 6. The van der Waals surface area contributed by atoms with Crippen LogP contribution in [0.2, 0.25) is 0 Å². The summed E-state index contributed by atoms with van der Waals surface area (Å²) >= 11 is 0. The Balaban J connectivity index is 1.72. The van der Waals surface area contributed by atoms with E-state index in [2.05, 4.69) is 15.3 Å². The number of alkyl halides is 3. The van der Waals surface area contributed by atoms with Gasteiger partial charge in [0.2, 0.25) is 0 Å². The van der Waals surface area contributed by atoms with Gasteiger partial charge in [-0.25, -0.2) is 9.97 Å². The highest BCUT2D eigenvalue weighted by Crippen LogP contribution is 2.40. The van der Waals surface area contributed by atoms with Gasteiger partial charge in [0.15, 0.2) is 0 Å². The number of nitro benzene ring substituents is 1. The normalized spacial score (nSPS) is 14.9. The molecular formula is C24H25F3N4O3. The van der Waals surface area contributed by atoms with Gasteiger partial charge in [0.25, 0.3) is 5.69 Å². The number of hydrogen-bond acceptors (Lipinski definition) is 6. The first kappa shape index (κ1) is 23.7. The van der Waals surface area contributed by atoms with Gasteiger partial charge in [-0.05, 0) is 48.9 Å². The first-order chi connectivity index (χ1) is 16.2. The molecule has 4 rings (SSSR count). The van der Waals surface area contributed by atoms with Crippen molar-refractivity contribution in [1.29, 1.82) is 0 Å². The highest BCUT2D eigenvalue weighted by Gasteiger charge is 2.32. The van der Waals surface area contributed by atoms with Gasteiger partial charge < -0.3 is 10.1 Å². The van der Waals surface area contributed by atoms with Gasteiger partial charge in [0, 0.05) is 30.1 Å². The van der Waals surface area contributed by atoms with Crippen molar-refractivity contribution in [2.45, 2.75) is 57.7 Å². The standard InChI is InChI=1S/C24H25F3N4O3/c1-14-29-21-12-22(34-2)19(16-6-4-3-5-7-16)11-20(21)23(30-14)28-13-15-8-17(24(25,26)27)10-18(9-15)31(32)33/h8-12,16H,3-7,13H2,1-2H3,(H,28,29,30). The third-order valence-electron chi connectivity index (χ3n) is 6.18. The van der Waals surface area contributed by atoms with Gasteiger partial charge in [-0.3, -0.25) is 10.1 Å². The van der Waals surface area contributed by atoms with E-state index in [0.717, 1.165) is 54.5 Å². The molecule has 0 unspecified atom stereocenters. The predicted octanol–water partition coefficient (Wildman–Crippen LogP) is 6.53. The number of non-ortho nitro benzene ring substituents is 1. The zero-order valence-electron chi connectivity index (χ0n) is 18.9. The minimum atomic E-state index is -4.69. The van der Waals surface area contributed by atoms with Gasteiger partial charge in [-0.1, -0.05) is 19.3 Å². The average Bonchev–Trinajstić information content (AvgIpc) is 2.81. The Hall–Kier alpha value is -3.43. The number of nitrogens with zero attached hydrogens (tertiary/aromatic N) is 3. The molecule has 3 aromatic rings. The molecule has 1 aromatic heterocycles. The number of aryl methyl sites for hydroxylation is 1. The van der Waals surface area contributed by atoms with E-state index in [1.807, 2.05) is 12.1 Å². The second-order valence-corrected chi connectivity index (χ2v) is 8.56. The fourth-order valence-corrected chi connectivity index (χ4v) is 4.56. The van der Waals surface area contributed by atoms with Gasteiger partial charge in [-0.15, -0.1) is 0 Å². The van der Waals surface area contributed by atoms with E-state index in [4.69, 9.17) is 4.74 Å². The summed E-state index contributed by atoms with van der Waals surface area (Å²) in [6, 6.07) is 6.45. The molecule has 0 bridgehead atoms. The Morgan fingerprint density at radius 1 is 1.12 bits per heavy atom. The number of ether oxygens (including phenoxy) is 1. The Labute approximate surface area is 194 Å². The van der Waals surface area contributed by atoms with Gasteiger partial charge in [0.1, 0.15) is 17.4 Å². The summed E-state index contributed by atoms with van der Waals surface area (Å²) in [5, 5.41) is 15.0. The Morgan fingerprint density at radius 3 is 2.50 bits per heavy atom. The van der Waals surface area contributed by atoms with Crippen LogP contribution < -0.4 is 10.1 Å². The summed E-state index contributed by atoms with van der Waals surface area (Å²) in [6.07, 6.45) is 0.941. The smallest absolute Gasteiger partial charge is 0.416 e. The van der Waals surface area contributed by atoms with Crippen molar-refractivity contribution in [3.8, 4) is 5.75 Å². The van der Waals surface area contributed by atoms with Crippen molar-refractivity contribution < 1.29 is 22.8 Å². The molecule has 180 valence electrons. The molecule has 0 aliphatic heterocycles. The number of halogens is 3. The number of methoxy groups -OCH3 is 1. The maximum Gasteiger partial charge on any atom is 0.416 e. The molecular weight excluding hydrogens is 449 g/mol. The molecule has 10 heteroatoms. The molecule has 34 heavy (non-hydrogen) atoms. The van der Waals surface area contributed by atoms with Gasteiger partial charge >= 0.3 is 6.18 Å². The fourth-order valence-electron chi connectivity index (χ4n) is 4.56. The van der Waals surface area contributed by atoms with Crippen LogP contribution in [0.25, 0.3) is 10.9 Å². The number of anilines is 1. The molecule has 0 spiro atoms. The molecule has 1 aliphatic carbocycles. The van der Waals surface area contributed by atoms with Crippen molar-refractivity contribution in [3.05, 3.63) is 63.0 Å². The van der Waals surface area contributed by atoms with E-state index in [1.54, 1.807) is 14.0 Å². The molecule has 1 fully saturated rings. The number of nitrogens with one attached hydrogen (secondary N) is 1. The lowest BCUT2D eigenvalue weighted by Crippen LogP contribution is -2.10. The van der Waals surface area contributed by atoms with Crippen LogP contribution in [0.1, 0.15) is 60.5 Å². The molecule has 1 saturated carbocycles. The topological polar surface area (TPSA) is 90.2 Å². The average molecular weight is 474 g/mol. The van der Waals surface area contributed by atoms with Crippen LogP contribution >= 0.6 is 0 Å². The zero-order valence-corrected chi connectivity index (χ0v) is 18.9. The van der Waals surface area contributed by atoms with Gasteiger partial charge in [-0.2, -0.15) is 13.2 Å². The van der Waals surface area contributed by atoms with E-state index in [-0.39, 0.29) is 12.1 Å². The van der Waals surface area contributed by atoms with Crippen molar-refractivity contribution in [3.63, 3.8) is 0 Å². The van der Waals surface area contributed by atoms with Crippen molar-refractivity contribution in [2.24, 2.45) is 0 Å². The number of hydrogen-bond donors (Lipinski definition) is 1. The lowest BCUT2D eigenvalue weighted by Gasteiger charge is -2.24. The van der Waals surface area contributed by atoms with Crippen LogP contribution in [-0.2, 0) is 12.7 Å². The van der Waals surface area contributed by atoms with E-state index < -0.39 is 22.4 Å². The molecule has 1 N–H and O–H groups in total. The van der Waals surface area contributed by atoms with Crippen molar-refractivity contribution in [1.82, 2.24) is 9.97 Å². The number of nitro groups is 1. The van der Waals surface area contributed by atoms with Crippen molar-refractivity contribution >= 4 is 22.4 Å². The maximum absolute atomic E-state index is 13.3. The first-order valence-electron chi connectivity index (χ1n) is 11.1. The summed E-state index contributed by atoms with van der Waals surface area (Å²) in [6.45, 7) is 1.66. The Bertz CT molecular complexity index is 1220. The lowest BCUT2D eigenvalue weighted by atomic mass is 9.83. The highest BCUT2D eigenvalue weighted by molar-refractivity contribution is 5.91. The molecule has 7 nitrogen and oxygen atoms in total. The van der Waals surface area contributed by atoms with Crippen LogP contribution in [0, 0.1) is 17.0 Å². The number of aromatic nitrogens is 2. The molecule has 0 atom stereocenters. The summed E-state index contributed by atoms with van der Waals surface area (Å²) < 4.78 is 45.4. The fraction of sp³-hybridized carbons (Fsp3) is 0.417. The zero-order chi connectivity index (χ0) is 24.5. The molecule has 0 amide bonds. The predicted molar refractivity (Wildman–Crippen MR) is 122 cm³/mol. The minimum Gasteiger partial charge on any atom is -0.496 e. The van der Waals surface area contributed by atoms with Crippen LogP contribution in [-0.4, -0.2) is 22.0 Å². The second kappa shape index (κ2) is 9.44. The van der Waals surface area contributed by atoms with Crippen LogP contribution in [0.15, 0.2) is 30.3 Å². The molecule has 2 aromatic carbocycles. The van der Waals surface area contributed by atoms with Crippen LogP contribution in [0.4, 0.5) is 24.7 Å². The second-order valence-electron chi connectivity index (χ2n) is 8.56. The monoisotopic (exact) mass is 474 g/mol. The summed E-state index contributed by atoms with van der Waals surface area (Å²) in [4.78, 5) is 19.3. The number of benzene rings is 2. The largest absolute Gasteiger partial charge is 0.496 e. The quantitative estimate of drug-likeness (QED) is 0.323. The van der Waals surface area contributed by atoms with Crippen molar-refractivity contribution in [2.75, 3.05) is 12.4 Å². The molecule has 1 heterocycles. The maximum atomic E-state index is 13.3. The summed E-state index contributed by atoms with van der Waals surface area (Å²) in [7, 11) is 1.63. The molecule has 0 radical (unpaired) electrons. The van der Waals surface area contributed by atoms with Gasteiger partial charge in [0.05, 0.1) is 23.1 Å². The first-order valence-corrected chi connectivity index (χ1v) is 11.1. The van der Waals surface area contributed by atoms with E-state index in [1.165, 1.54) is 6.42 Å². The van der Waals surface area contributed by atoms with E-state index >= 15 is 0 Å². The molecule has 0 saturated heterocycles. The molecule has 1 aliphatic rings. The van der Waals surface area contributed by atoms with Crippen LogP contribution in [0.5, 0.6) is 5.75 Å². The summed E-state index contributed by atoms with van der Waals surface area (Å²) in [5.74, 6) is 2.06. The third kappa shape index (κ3) is 5.05. The summed E-state index contributed by atoms with van der Waals surface area (Å²) in [5.41, 5.74) is 0.180. The van der Waals surface area contributed by atoms with E-state index in [0.29, 0.717) is 29.1 Å². The van der Waals surface area contributed by atoms with Crippen LogP contribution in [0.3, 0.4) is 0 Å². The third-order valence-corrected chi connectivity index (χ3v) is 6.18. The number of fused-ring (bicyclic) bond motifs is 1. The Morgan fingerprint density at radius 2 is 1.85 bits per heavy atom. The SMILES string of the molecule is COc1cc2nc(C)nc(NCc3cc([N+](=O)[O-])cc(C(F)(F)F)c3)c2cc1C1CCCCC1. The van der Waals surface area contributed by atoms with E-state index in [9.17, 15) is 23.3 Å². The lowest BCUT2D eigenvalue weighted by molar-refractivity contribution is -0.385. The highest BCUT2D eigenvalue weighted by atomic mass is 19.4.